The highest BCUT2D eigenvalue weighted by Crippen LogP contribution is 2.19. The highest BCUT2D eigenvalue weighted by molar-refractivity contribution is 5.94. The van der Waals surface area contributed by atoms with E-state index in [1.165, 1.54) is 6.07 Å². The van der Waals surface area contributed by atoms with E-state index in [0.717, 1.165) is 49.7 Å². The van der Waals surface area contributed by atoms with Gasteiger partial charge in [-0.1, -0.05) is 6.07 Å². The molecule has 25 heavy (non-hydrogen) atoms. The Balaban J connectivity index is 1.69. The molecule has 2 aromatic rings. The molecular formula is C18H20F2N4O. The summed E-state index contributed by atoms with van der Waals surface area (Å²) >= 11 is 0. The maximum Gasteiger partial charge on any atom is 0.251 e. The van der Waals surface area contributed by atoms with E-state index < -0.39 is 17.5 Å². The van der Waals surface area contributed by atoms with Crippen LogP contribution in [0, 0.1) is 11.6 Å². The number of carbonyl (C=O) groups is 1. The van der Waals surface area contributed by atoms with Crippen LogP contribution in [0.5, 0.6) is 0 Å². The number of hydrogen-bond donors (Lipinski definition) is 1. The Morgan fingerprint density at radius 2 is 1.92 bits per heavy atom. The van der Waals surface area contributed by atoms with E-state index in [1.54, 1.807) is 6.20 Å². The van der Waals surface area contributed by atoms with Gasteiger partial charge in [-0.15, -0.1) is 0 Å². The van der Waals surface area contributed by atoms with Crippen LogP contribution < -0.4 is 10.2 Å². The molecule has 1 saturated heterocycles. The SMILES string of the molecule is CN1CCN(c2ncccc2CNC(=O)c2ccc(F)c(F)c2)CC1. The van der Waals surface area contributed by atoms with Crippen LogP contribution in [-0.4, -0.2) is 49.0 Å². The Labute approximate surface area is 145 Å². The second-order valence-corrected chi connectivity index (χ2v) is 6.09. The van der Waals surface area contributed by atoms with Crippen LogP contribution in [0.4, 0.5) is 14.6 Å². The molecule has 3 rings (SSSR count). The lowest BCUT2D eigenvalue weighted by Crippen LogP contribution is -2.45. The fourth-order valence-electron chi connectivity index (χ4n) is 2.79. The summed E-state index contributed by atoms with van der Waals surface area (Å²) in [5.74, 6) is -1.61. The average molecular weight is 346 g/mol. The number of likely N-dealkylation sites (N-methyl/N-ethyl adjacent to an activating group) is 1. The van der Waals surface area contributed by atoms with E-state index >= 15 is 0 Å². The van der Waals surface area contributed by atoms with Crippen molar-refractivity contribution in [1.29, 1.82) is 0 Å². The van der Waals surface area contributed by atoms with Crippen LogP contribution in [0.15, 0.2) is 36.5 Å². The number of rotatable bonds is 4. The van der Waals surface area contributed by atoms with Gasteiger partial charge in [0.25, 0.3) is 5.91 Å². The van der Waals surface area contributed by atoms with E-state index in [0.29, 0.717) is 0 Å². The average Bonchev–Trinajstić information content (AvgIpc) is 2.63. The van der Waals surface area contributed by atoms with Crippen molar-refractivity contribution in [2.45, 2.75) is 6.54 Å². The lowest BCUT2D eigenvalue weighted by Gasteiger charge is -2.34. The monoisotopic (exact) mass is 346 g/mol. The fraction of sp³-hybridized carbons (Fsp3) is 0.333. The molecule has 1 aliphatic rings. The molecule has 0 aliphatic carbocycles. The summed E-state index contributed by atoms with van der Waals surface area (Å²) in [7, 11) is 2.08. The van der Waals surface area contributed by atoms with Gasteiger partial charge in [0.15, 0.2) is 11.6 Å². The molecule has 0 unspecified atom stereocenters. The van der Waals surface area contributed by atoms with Crippen molar-refractivity contribution in [3.05, 3.63) is 59.3 Å². The third-order valence-corrected chi connectivity index (χ3v) is 4.29. The van der Waals surface area contributed by atoms with Crippen molar-refractivity contribution in [3.63, 3.8) is 0 Å². The first kappa shape index (κ1) is 17.3. The van der Waals surface area contributed by atoms with Crippen molar-refractivity contribution in [2.75, 3.05) is 38.1 Å². The zero-order chi connectivity index (χ0) is 17.8. The second kappa shape index (κ2) is 7.57. The first-order valence-electron chi connectivity index (χ1n) is 8.15. The molecule has 132 valence electrons. The molecule has 1 N–H and O–H groups in total. The normalized spacial score (nSPS) is 15.2. The minimum atomic E-state index is -1.04. The molecule has 0 atom stereocenters. The van der Waals surface area contributed by atoms with Crippen LogP contribution in [0.2, 0.25) is 0 Å². The maximum atomic E-state index is 13.3. The standard InChI is InChI=1S/C18H20F2N4O/c1-23-7-9-24(10-8-23)17-14(3-2-6-21-17)12-22-18(25)13-4-5-15(19)16(20)11-13/h2-6,11H,7-10,12H2,1H3,(H,22,25). The minimum absolute atomic E-state index is 0.0870. The molecule has 0 radical (unpaired) electrons. The zero-order valence-corrected chi connectivity index (χ0v) is 14.0. The quantitative estimate of drug-likeness (QED) is 0.920. The third kappa shape index (κ3) is 4.11. The van der Waals surface area contributed by atoms with Gasteiger partial charge >= 0.3 is 0 Å². The number of piperazine rings is 1. The Hall–Kier alpha value is -2.54. The first-order chi connectivity index (χ1) is 12.0. The van der Waals surface area contributed by atoms with Crippen LogP contribution in [0.25, 0.3) is 0 Å². The molecule has 0 bridgehead atoms. The largest absolute Gasteiger partial charge is 0.354 e. The molecule has 0 saturated carbocycles. The predicted molar refractivity (Wildman–Crippen MR) is 91.5 cm³/mol. The molecule has 0 spiro atoms. The number of amides is 1. The van der Waals surface area contributed by atoms with Gasteiger partial charge in [0.2, 0.25) is 0 Å². The first-order valence-corrected chi connectivity index (χ1v) is 8.15. The maximum absolute atomic E-state index is 13.3. The van der Waals surface area contributed by atoms with Gasteiger partial charge in [0, 0.05) is 50.0 Å². The van der Waals surface area contributed by atoms with Crippen molar-refractivity contribution in [3.8, 4) is 0 Å². The topological polar surface area (TPSA) is 48.5 Å². The Morgan fingerprint density at radius 3 is 2.64 bits per heavy atom. The van der Waals surface area contributed by atoms with Gasteiger partial charge in [-0.3, -0.25) is 4.79 Å². The lowest BCUT2D eigenvalue weighted by atomic mass is 10.2. The van der Waals surface area contributed by atoms with E-state index in [1.807, 2.05) is 12.1 Å². The fourth-order valence-corrected chi connectivity index (χ4v) is 2.79. The van der Waals surface area contributed by atoms with Crippen molar-refractivity contribution < 1.29 is 13.6 Å². The summed E-state index contributed by atoms with van der Waals surface area (Å²) < 4.78 is 26.2. The summed E-state index contributed by atoms with van der Waals surface area (Å²) in [5, 5.41) is 2.75. The van der Waals surface area contributed by atoms with Crippen LogP contribution in [0.3, 0.4) is 0 Å². The predicted octanol–water partition coefficient (Wildman–Crippen LogP) is 2.04. The van der Waals surface area contributed by atoms with E-state index in [9.17, 15) is 13.6 Å². The zero-order valence-electron chi connectivity index (χ0n) is 14.0. The van der Waals surface area contributed by atoms with Gasteiger partial charge in [-0.05, 0) is 31.3 Å². The summed E-state index contributed by atoms with van der Waals surface area (Å²) in [4.78, 5) is 21.1. The van der Waals surface area contributed by atoms with Gasteiger partial charge in [-0.25, -0.2) is 13.8 Å². The Morgan fingerprint density at radius 1 is 1.16 bits per heavy atom. The number of hydrogen-bond acceptors (Lipinski definition) is 4. The van der Waals surface area contributed by atoms with Crippen LogP contribution in [-0.2, 0) is 6.54 Å². The number of carbonyl (C=O) groups excluding carboxylic acids is 1. The van der Waals surface area contributed by atoms with E-state index in [4.69, 9.17) is 0 Å². The second-order valence-electron chi connectivity index (χ2n) is 6.09. The van der Waals surface area contributed by atoms with Gasteiger partial charge in [0.1, 0.15) is 5.82 Å². The molecule has 2 heterocycles. The smallest absolute Gasteiger partial charge is 0.251 e. The summed E-state index contributed by atoms with van der Waals surface area (Å²) in [5.41, 5.74) is 0.979. The Kier molecular flexibility index (Phi) is 5.23. The van der Waals surface area contributed by atoms with Crippen molar-refractivity contribution >= 4 is 11.7 Å². The molecule has 1 aliphatic heterocycles. The number of aromatic nitrogens is 1. The Bertz CT molecular complexity index is 760. The number of pyridine rings is 1. The number of benzene rings is 1. The molecular weight excluding hydrogens is 326 g/mol. The molecule has 5 nitrogen and oxygen atoms in total. The van der Waals surface area contributed by atoms with Crippen molar-refractivity contribution in [1.82, 2.24) is 15.2 Å². The van der Waals surface area contributed by atoms with Crippen LogP contribution >= 0.6 is 0 Å². The third-order valence-electron chi connectivity index (χ3n) is 4.29. The molecule has 1 aromatic heterocycles. The lowest BCUT2D eigenvalue weighted by molar-refractivity contribution is 0.0950. The number of halogens is 2. The van der Waals surface area contributed by atoms with Crippen LogP contribution in [0.1, 0.15) is 15.9 Å². The van der Waals surface area contributed by atoms with Gasteiger partial charge in [0.05, 0.1) is 0 Å². The molecule has 1 amide bonds. The molecule has 1 fully saturated rings. The summed E-state index contributed by atoms with van der Waals surface area (Å²) in [6.07, 6.45) is 1.73. The number of nitrogens with zero attached hydrogens (tertiary/aromatic N) is 3. The van der Waals surface area contributed by atoms with Gasteiger partial charge < -0.3 is 15.1 Å². The highest BCUT2D eigenvalue weighted by Gasteiger charge is 2.18. The molecule has 7 heteroatoms. The minimum Gasteiger partial charge on any atom is -0.354 e. The van der Waals surface area contributed by atoms with E-state index in [2.05, 4.69) is 27.1 Å². The summed E-state index contributed by atoms with van der Waals surface area (Å²) in [6.45, 7) is 3.93. The highest BCUT2D eigenvalue weighted by atomic mass is 19.2. The molecule has 1 aromatic carbocycles. The summed E-state index contributed by atoms with van der Waals surface area (Å²) in [6, 6.07) is 6.84. The van der Waals surface area contributed by atoms with Crippen molar-refractivity contribution in [2.24, 2.45) is 0 Å². The number of nitrogens with one attached hydrogen (secondary N) is 1. The van der Waals surface area contributed by atoms with Gasteiger partial charge in [-0.2, -0.15) is 0 Å². The van der Waals surface area contributed by atoms with E-state index in [-0.39, 0.29) is 12.1 Å². The number of anilines is 1.